The average Bonchev–Trinajstić information content (AvgIpc) is 1.53. The Kier molecular flexibility index (Phi) is 8.12. The summed E-state index contributed by atoms with van der Waals surface area (Å²) in [5.74, 6) is 0. The van der Waals surface area contributed by atoms with Gasteiger partial charge in [0.1, 0.15) is 0 Å². The summed E-state index contributed by atoms with van der Waals surface area (Å²) in [7, 11) is -3.80. The van der Waals surface area contributed by atoms with Gasteiger partial charge >= 0.3 is 30.9 Å². The van der Waals surface area contributed by atoms with Crippen molar-refractivity contribution in [3.05, 3.63) is 0 Å². The summed E-state index contributed by atoms with van der Waals surface area (Å²) in [6.45, 7) is 6.69. The van der Waals surface area contributed by atoms with E-state index in [2.05, 4.69) is 9.05 Å². The molecule has 72 valence electrons. The molecule has 1 N–H and O–H groups in total. The molecule has 0 bridgehead atoms. The topological polar surface area (TPSA) is 55.8 Å². The molecular weight excluding hydrogens is 191 g/mol. The molecule has 0 radical (unpaired) electrons. The van der Waals surface area contributed by atoms with Crippen LogP contribution in [0.4, 0.5) is 0 Å². The van der Waals surface area contributed by atoms with E-state index in [0.717, 1.165) is 0 Å². The summed E-state index contributed by atoms with van der Waals surface area (Å²) in [6, 6.07) is 0. The molecule has 0 fully saturated rings. The largest absolute Gasteiger partial charge is 2.00 e. The van der Waals surface area contributed by atoms with E-state index in [1.54, 1.807) is 27.7 Å². The molecule has 0 aliphatic carbocycles. The molecule has 0 unspecified atom stereocenters. The van der Waals surface area contributed by atoms with Gasteiger partial charge in [-0.05, 0) is 27.7 Å². The Morgan fingerprint density at radius 1 is 1.17 bits per heavy atom. The molecule has 0 amide bonds. The van der Waals surface area contributed by atoms with Gasteiger partial charge in [-0.15, -0.1) is 0 Å². The maximum atomic E-state index is 10.9. The molecule has 0 aliphatic heterocycles. The Labute approximate surface area is 92.4 Å². The van der Waals surface area contributed by atoms with Gasteiger partial charge < -0.3 is 7.75 Å². The third kappa shape index (κ3) is 8.97. The van der Waals surface area contributed by atoms with E-state index in [-0.39, 0.29) is 38.1 Å². The summed E-state index contributed by atoms with van der Waals surface area (Å²) < 4.78 is 20.2. The molecular formula is C6H17MgO4P. The van der Waals surface area contributed by atoms with Gasteiger partial charge in [-0.2, -0.15) is 0 Å². The summed E-state index contributed by atoms with van der Waals surface area (Å²) in [5, 5.41) is 0. The Morgan fingerprint density at radius 2 is 1.42 bits per heavy atom. The van der Waals surface area contributed by atoms with Crippen LogP contribution in [0.2, 0.25) is 0 Å². The zero-order chi connectivity index (χ0) is 9.07. The fraction of sp³-hybridized carbons (Fsp3) is 1.00. The monoisotopic (exact) mass is 208 g/mol. The van der Waals surface area contributed by atoms with Gasteiger partial charge in [-0.3, -0.25) is 9.05 Å². The number of hydrogen-bond donors (Lipinski definition) is 1. The van der Waals surface area contributed by atoms with E-state index in [1.165, 1.54) is 0 Å². The molecule has 0 rings (SSSR count). The molecule has 0 aromatic carbocycles. The predicted octanol–water partition coefficient (Wildman–Crippen LogP) is 1.78. The molecule has 12 heavy (non-hydrogen) atoms. The normalized spacial score (nSPS) is 11.9. The van der Waals surface area contributed by atoms with Gasteiger partial charge in [0.05, 0.1) is 12.2 Å². The minimum atomic E-state index is -3.80. The Hall–Kier alpha value is 0.876. The molecule has 0 saturated carbocycles. The van der Waals surface area contributed by atoms with E-state index in [1.807, 2.05) is 0 Å². The van der Waals surface area contributed by atoms with Crippen molar-refractivity contribution in [1.29, 1.82) is 0 Å². The van der Waals surface area contributed by atoms with Crippen LogP contribution in [0.1, 0.15) is 30.5 Å². The van der Waals surface area contributed by atoms with Crippen LogP contribution in [-0.4, -0.2) is 40.2 Å². The fourth-order valence-corrected chi connectivity index (χ4v) is 1.67. The molecule has 0 aliphatic rings. The predicted molar refractivity (Wildman–Crippen MR) is 50.2 cm³/mol. The minimum Gasteiger partial charge on any atom is -1.00 e. The van der Waals surface area contributed by atoms with Gasteiger partial charge in [0.25, 0.3) is 0 Å². The SMILES string of the molecule is CC(C)OP(=O)(O)OC(C)C.[H-].[H-].[Mg+2]. The van der Waals surface area contributed by atoms with Gasteiger partial charge in [-0.1, -0.05) is 0 Å². The average molecular weight is 208 g/mol. The van der Waals surface area contributed by atoms with E-state index in [9.17, 15) is 4.57 Å². The number of rotatable bonds is 4. The third-order valence-corrected chi connectivity index (χ3v) is 2.06. The maximum absolute atomic E-state index is 10.9. The van der Waals surface area contributed by atoms with Crippen molar-refractivity contribution in [2.24, 2.45) is 0 Å². The number of phosphoric acid groups is 1. The van der Waals surface area contributed by atoms with Crippen molar-refractivity contribution < 1.29 is 21.4 Å². The van der Waals surface area contributed by atoms with E-state index >= 15 is 0 Å². The maximum Gasteiger partial charge on any atom is 2.00 e. The van der Waals surface area contributed by atoms with Crippen LogP contribution in [0.5, 0.6) is 0 Å². The molecule has 0 aromatic rings. The van der Waals surface area contributed by atoms with E-state index in [4.69, 9.17) is 4.89 Å². The quantitative estimate of drug-likeness (QED) is 0.565. The molecule has 6 heteroatoms. The molecule has 0 spiro atoms. The second-order valence-electron chi connectivity index (χ2n) is 2.78. The van der Waals surface area contributed by atoms with Crippen LogP contribution < -0.4 is 0 Å². The van der Waals surface area contributed by atoms with Gasteiger partial charge in [0, 0.05) is 0 Å². The van der Waals surface area contributed by atoms with Crippen LogP contribution in [-0.2, 0) is 13.6 Å². The van der Waals surface area contributed by atoms with Crippen LogP contribution in [0, 0.1) is 0 Å². The van der Waals surface area contributed by atoms with Crippen molar-refractivity contribution in [3.63, 3.8) is 0 Å². The summed E-state index contributed by atoms with van der Waals surface area (Å²) in [5.41, 5.74) is 0. The summed E-state index contributed by atoms with van der Waals surface area (Å²) in [4.78, 5) is 8.97. The van der Waals surface area contributed by atoms with Crippen LogP contribution in [0.3, 0.4) is 0 Å². The third-order valence-electron chi connectivity index (χ3n) is 0.688. The van der Waals surface area contributed by atoms with E-state index < -0.39 is 7.82 Å². The number of phosphoric ester groups is 1. The molecule has 4 nitrogen and oxygen atoms in total. The molecule has 0 aromatic heterocycles. The number of hydrogen-bond acceptors (Lipinski definition) is 3. The minimum absolute atomic E-state index is 0. The van der Waals surface area contributed by atoms with Crippen LogP contribution >= 0.6 is 7.82 Å². The first-order chi connectivity index (χ1) is 4.83. The molecule has 0 saturated heterocycles. The first-order valence-electron chi connectivity index (χ1n) is 3.53. The molecule has 0 atom stereocenters. The second kappa shape index (κ2) is 6.35. The summed E-state index contributed by atoms with van der Waals surface area (Å²) >= 11 is 0. The summed E-state index contributed by atoms with van der Waals surface area (Å²) in [6.07, 6.45) is -0.603. The van der Waals surface area contributed by atoms with Gasteiger partial charge in [0.15, 0.2) is 0 Å². The van der Waals surface area contributed by atoms with Gasteiger partial charge in [0.2, 0.25) is 0 Å². The Balaban J connectivity index is -0.000000167. The first kappa shape index (κ1) is 15.4. The fourth-order valence-electron chi connectivity index (χ4n) is 0.558. The first-order valence-corrected chi connectivity index (χ1v) is 5.02. The van der Waals surface area contributed by atoms with Crippen molar-refractivity contribution in [1.82, 2.24) is 0 Å². The zero-order valence-corrected chi connectivity index (χ0v) is 10.3. The van der Waals surface area contributed by atoms with Crippen molar-refractivity contribution in [3.8, 4) is 0 Å². The van der Waals surface area contributed by atoms with Crippen LogP contribution in [0.15, 0.2) is 0 Å². The standard InChI is InChI=1S/C6H15O4P.Mg.2H/c1-5(2)9-11(7,8)10-6(3)4;;;/h5-6H,1-4H3,(H,7,8);;;/q;+2;2*-1. The van der Waals surface area contributed by atoms with Crippen molar-refractivity contribution >= 4 is 30.9 Å². The zero-order valence-electron chi connectivity index (χ0n) is 9.98. The van der Waals surface area contributed by atoms with Crippen LogP contribution in [0.25, 0.3) is 0 Å². The van der Waals surface area contributed by atoms with Gasteiger partial charge in [-0.25, -0.2) is 4.57 Å². The van der Waals surface area contributed by atoms with E-state index in [0.29, 0.717) is 0 Å². The molecule has 0 heterocycles. The Bertz CT molecular complexity index is 154. The van der Waals surface area contributed by atoms with Crippen molar-refractivity contribution in [2.75, 3.05) is 0 Å². The Morgan fingerprint density at radius 3 is 1.58 bits per heavy atom. The smallest absolute Gasteiger partial charge is 1.00 e. The second-order valence-corrected chi connectivity index (χ2v) is 4.14. The van der Waals surface area contributed by atoms with Crippen molar-refractivity contribution in [2.45, 2.75) is 39.9 Å².